The Balaban J connectivity index is 3.20. The molecule has 0 atom stereocenters. The van der Waals surface area contributed by atoms with Crippen molar-refractivity contribution in [1.82, 2.24) is 5.32 Å². The lowest BCUT2D eigenvalue weighted by atomic mass is 10.0. The summed E-state index contributed by atoms with van der Waals surface area (Å²) in [6, 6.07) is 0. The van der Waals surface area contributed by atoms with Crippen LogP contribution in [0.25, 0.3) is 0 Å². The minimum absolute atomic E-state index is 0.0184. The number of Topliss-reactive ketones (excluding diaryl/α,β-unsaturated/α-hetero) is 1. The van der Waals surface area contributed by atoms with Crippen molar-refractivity contribution in [2.45, 2.75) is 0 Å². The average Bonchev–Trinajstić information content (AvgIpc) is 1.87. The zero-order valence-electron chi connectivity index (χ0n) is 6.02. The first-order chi connectivity index (χ1) is 4.66. The number of hydrogen-bond donors (Lipinski definition) is 2. The van der Waals surface area contributed by atoms with Gasteiger partial charge in [0.25, 0.3) is 0 Å². The van der Waals surface area contributed by atoms with E-state index in [1.54, 1.807) is 0 Å². The molecule has 0 saturated carbocycles. The van der Waals surface area contributed by atoms with Gasteiger partial charge in [-0.05, 0) is 0 Å². The Hall–Kier alpha value is -0.675. The van der Waals surface area contributed by atoms with E-state index in [2.05, 4.69) is 5.32 Å². The van der Waals surface area contributed by atoms with Gasteiger partial charge in [0, 0.05) is 6.54 Å². The van der Waals surface area contributed by atoms with Crippen LogP contribution in [0.5, 0.6) is 0 Å². The highest BCUT2D eigenvalue weighted by Gasteiger charge is 1.97. The van der Waals surface area contributed by atoms with Crippen molar-refractivity contribution in [1.29, 1.82) is 0 Å². The molecule has 56 valence electrons. The lowest BCUT2D eigenvalue weighted by Crippen LogP contribution is -2.31. The van der Waals surface area contributed by atoms with E-state index < -0.39 is 0 Å². The molecule has 0 heterocycles. The van der Waals surface area contributed by atoms with Crippen molar-refractivity contribution in [3.63, 3.8) is 0 Å². The lowest BCUT2D eigenvalue weighted by Gasteiger charge is -1.97. The molecule has 0 rings (SSSR count). The maximum absolute atomic E-state index is 10.5. The summed E-state index contributed by atoms with van der Waals surface area (Å²) >= 11 is 0. The van der Waals surface area contributed by atoms with E-state index in [9.17, 15) is 9.59 Å². The van der Waals surface area contributed by atoms with E-state index in [-0.39, 0.29) is 31.1 Å². The minimum atomic E-state index is -0.0822. The summed E-state index contributed by atoms with van der Waals surface area (Å²) in [5, 5.41) is 2.66. The van der Waals surface area contributed by atoms with E-state index in [0.717, 1.165) is 0 Å². The first-order valence-electron chi connectivity index (χ1n) is 3.08. The molecule has 0 saturated heterocycles. The van der Waals surface area contributed by atoms with Crippen molar-refractivity contribution in [3.8, 4) is 0 Å². The molecule has 0 fully saturated rings. The van der Waals surface area contributed by atoms with E-state index in [4.69, 9.17) is 5.73 Å². The van der Waals surface area contributed by atoms with E-state index in [1.807, 2.05) is 0 Å². The topological polar surface area (TPSA) is 72.2 Å². The standard InChI is InChI=1S/C5H11BN2O2/c6-5(10)3-8-2-4(9)1-7/h8H,1-3,6-7H2. The number of nitrogens with two attached hydrogens (primary N) is 1. The number of ketones is 1. The number of hydrogen-bond acceptors (Lipinski definition) is 4. The molecule has 0 amide bonds. The molecular formula is C5H11BN2O2. The van der Waals surface area contributed by atoms with Crippen molar-refractivity contribution in [2.75, 3.05) is 19.6 Å². The van der Waals surface area contributed by atoms with Crippen LogP contribution in [0.15, 0.2) is 0 Å². The molecule has 0 aromatic rings. The lowest BCUT2D eigenvalue weighted by molar-refractivity contribution is -0.117. The Kier molecular flexibility index (Phi) is 4.79. The van der Waals surface area contributed by atoms with Crippen molar-refractivity contribution >= 4 is 19.3 Å². The van der Waals surface area contributed by atoms with E-state index >= 15 is 0 Å². The number of rotatable bonds is 5. The Morgan fingerprint density at radius 1 is 1.40 bits per heavy atom. The van der Waals surface area contributed by atoms with Gasteiger partial charge < -0.3 is 15.8 Å². The molecular weight excluding hydrogens is 131 g/mol. The van der Waals surface area contributed by atoms with Gasteiger partial charge in [-0.15, -0.1) is 0 Å². The molecule has 0 aliphatic heterocycles. The summed E-state index contributed by atoms with van der Waals surface area (Å²) in [6.07, 6.45) is 0. The number of carbonyl (C=O) groups excluding carboxylic acids is 2. The van der Waals surface area contributed by atoms with Crippen LogP contribution in [0.1, 0.15) is 0 Å². The van der Waals surface area contributed by atoms with Crippen LogP contribution >= 0.6 is 0 Å². The van der Waals surface area contributed by atoms with Crippen LogP contribution in [-0.2, 0) is 9.59 Å². The highest BCUT2D eigenvalue weighted by atomic mass is 16.1. The highest BCUT2D eigenvalue weighted by molar-refractivity contribution is 6.58. The predicted molar refractivity (Wildman–Crippen MR) is 40.5 cm³/mol. The van der Waals surface area contributed by atoms with Crippen molar-refractivity contribution < 1.29 is 9.59 Å². The Bertz CT molecular complexity index is 138. The maximum atomic E-state index is 10.5. The van der Waals surface area contributed by atoms with E-state index in [0.29, 0.717) is 0 Å². The van der Waals surface area contributed by atoms with Crippen LogP contribution in [0.3, 0.4) is 0 Å². The summed E-state index contributed by atoms with van der Waals surface area (Å²) in [4.78, 5) is 20.8. The summed E-state index contributed by atoms with van der Waals surface area (Å²) in [7, 11) is 1.46. The molecule has 3 N–H and O–H groups in total. The van der Waals surface area contributed by atoms with Crippen LogP contribution in [0.4, 0.5) is 0 Å². The van der Waals surface area contributed by atoms with Gasteiger partial charge in [0.05, 0.1) is 18.8 Å². The number of nitrogens with one attached hydrogen (secondary N) is 1. The van der Waals surface area contributed by atoms with Crippen molar-refractivity contribution in [2.24, 2.45) is 5.73 Å². The second-order valence-electron chi connectivity index (χ2n) is 2.05. The van der Waals surface area contributed by atoms with Crippen LogP contribution < -0.4 is 11.1 Å². The molecule has 0 aliphatic carbocycles. The average molecular weight is 142 g/mol. The molecule has 0 spiro atoms. The van der Waals surface area contributed by atoms with Gasteiger partial charge in [0.1, 0.15) is 0 Å². The largest absolute Gasteiger partial charge is 0.324 e. The second-order valence-corrected chi connectivity index (χ2v) is 2.05. The van der Waals surface area contributed by atoms with Gasteiger partial charge in [-0.1, -0.05) is 0 Å². The fraction of sp³-hybridized carbons (Fsp3) is 0.600. The Morgan fingerprint density at radius 3 is 2.40 bits per heavy atom. The summed E-state index contributed by atoms with van der Waals surface area (Å²) in [6.45, 7) is 0.465. The third-order valence-corrected chi connectivity index (χ3v) is 0.924. The zero-order chi connectivity index (χ0) is 7.98. The second kappa shape index (κ2) is 5.14. The molecule has 0 aromatic heterocycles. The van der Waals surface area contributed by atoms with Crippen LogP contribution in [0, 0.1) is 0 Å². The van der Waals surface area contributed by atoms with Gasteiger partial charge in [-0.2, -0.15) is 0 Å². The monoisotopic (exact) mass is 142 g/mol. The molecule has 0 aromatic carbocycles. The molecule has 0 unspecified atom stereocenters. The van der Waals surface area contributed by atoms with Crippen LogP contribution in [-0.4, -0.2) is 38.9 Å². The SMILES string of the molecule is BC(=O)CNCC(=O)CN. The molecule has 0 bridgehead atoms. The third-order valence-electron chi connectivity index (χ3n) is 0.924. The quantitative estimate of drug-likeness (QED) is 0.408. The molecule has 0 aliphatic rings. The molecule has 0 radical (unpaired) electrons. The normalized spacial score (nSPS) is 9.30. The molecule has 5 heteroatoms. The summed E-state index contributed by atoms with van der Waals surface area (Å²) in [5.74, 6) is -0.0822. The highest BCUT2D eigenvalue weighted by Crippen LogP contribution is 1.64. The van der Waals surface area contributed by atoms with Gasteiger partial charge >= 0.3 is 0 Å². The zero-order valence-corrected chi connectivity index (χ0v) is 6.02. The summed E-state index contributed by atoms with van der Waals surface area (Å²) < 4.78 is 0. The minimum Gasteiger partial charge on any atom is -0.324 e. The molecule has 4 nitrogen and oxygen atoms in total. The van der Waals surface area contributed by atoms with Gasteiger partial charge in [0.2, 0.25) is 0 Å². The van der Waals surface area contributed by atoms with Gasteiger partial charge in [-0.3, -0.25) is 4.79 Å². The fourth-order valence-corrected chi connectivity index (χ4v) is 0.450. The Labute approximate surface area is 60.6 Å². The molecule has 10 heavy (non-hydrogen) atoms. The van der Waals surface area contributed by atoms with Crippen LogP contribution in [0.2, 0.25) is 0 Å². The van der Waals surface area contributed by atoms with Gasteiger partial charge in [0.15, 0.2) is 13.6 Å². The maximum Gasteiger partial charge on any atom is 0.188 e. The van der Waals surface area contributed by atoms with Crippen molar-refractivity contribution in [3.05, 3.63) is 0 Å². The Morgan fingerprint density at radius 2 is 2.00 bits per heavy atom. The smallest absolute Gasteiger partial charge is 0.188 e. The first kappa shape index (κ1) is 9.32. The predicted octanol–water partition coefficient (Wildman–Crippen LogP) is -2.74. The third kappa shape index (κ3) is 5.46. The van der Waals surface area contributed by atoms with Gasteiger partial charge in [-0.25, -0.2) is 0 Å². The van der Waals surface area contributed by atoms with E-state index in [1.165, 1.54) is 7.85 Å². The summed E-state index contributed by atoms with van der Waals surface area (Å²) in [5.41, 5.74) is 5.03. The fourth-order valence-electron chi connectivity index (χ4n) is 0.450. The first-order valence-corrected chi connectivity index (χ1v) is 3.08. The number of carbonyl (C=O) groups is 2.